The first-order valence-electron chi connectivity index (χ1n) is 5.08. The molecule has 2 rings (SSSR count). The largest absolute Gasteiger partial charge is 0.465 e. The minimum absolute atomic E-state index is 0.000231. The highest BCUT2D eigenvalue weighted by molar-refractivity contribution is 8.00. The van der Waals surface area contributed by atoms with E-state index in [-0.39, 0.29) is 17.1 Å². The minimum atomic E-state index is -0.256. The predicted molar refractivity (Wildman–Crippen MR) is 61.1 cm³/mol. The molecule has 6 heteroatoms. The van der Waals surface area contributed by atoms with Gasteiger partial charge in [0.25, 0.3) is 0 Å². The number of ether oxygens (including phenoxy) is 1. The van der Waals surface area contributed by atoms with Crippen LogP contribution in [0.25, 0.3) is 0 Å². The molecule has 0 saturated heterocycles. The fourth-order valence-corrected chi connectivity index (χ4v) is 3.03. The Hall–Kier alpha value is -1.30. The van der Waals surface area contributed by atoms with E-state index in [0.717, 1.165) is 10.6 Å². The zero-order chi connectivity index (χ0) is 11.7. The molecule has 0 saturated carbocycles. The van der Waals surface area contributed by atoms with Crippen molar-refractivity contribution in [1.82, 2.24) is 9.97 Å². The van der Waals surface area contributed by atoms with Gasteiger partial charge in [0.1, 0.15) is 22.4 Å². The van der Waals surface area contributed by atoms with E-state index in [9.17, 15) is 4.79 Å². The smallest absolute Gasteiger partial charge is 0.320 e. The molecule has 0 spiro atoms. The molecule has 0 aromatic carbocycles. The molecule has 2 N–H and O–H groups in total. The molecular weight excluding hydrogens is 226 g/mol. The molecule has 86 valence electrons. The van der Waals surface area contributed by atoms with Crippen molar-refractivity contribution in [3.05, 3.63) is 11.9 Å². The van der Waals surface area contributed by atoms with E-state index < -0.39 is 0 Å². The lowest BCUT2D eigenvalue weighted by atomic mass is 10.00. The number of fused-ring (bicyclic) bond motifs is 1. The summed E-state index contributed by atoms with van der Waals surface area (Å²) in [6.07, 6.45) is 1.42. The van der Waals surface area contributed by atoms with E-state index in [4.69, 9.17) is 10.5 Å². The maximum Gasteiger partial charge on any atom is 0.320 e. The fourth-order valence-electron chi connectivity index (χ4n) is 1.76. The number of esters is 1. The average molecular weight is 239 g/mol. The monoisotopic (exact) mass is 239 g/mol. The number of nitrogen functional groups attached to an aromatic ring is 1. The zero-order valence-electron chi connectivity index (χ0n) is 9.14. The van der Waals surface area contributed by atoms with Crippen molar-refractivity contribution in [2.45, 2.75) is 30.0 Å². The number of anilines is 1. The molecule has 2 atom stereocenters. The van der Waals surface area contributed by atoms with Crippen LogP contribution in [-0.4, -0.2) is 27.8 Å². The van der Waals surface area contributed by atoms with Crippen LogP contribution in [-0.2, 0) is 9.53 Å². The van der Waals surface area contributed by atoms with E-state index in [2.05, 4.69) is 9.97 Å². The SMILES string of the molecule is CCOC(=O)C1Sc2ncnc(N)c2C1C. The summed E-state index contributed by atoms with van der Waals surface area (Å²) < 4.78 is 5.02. The Morgan fingerprint density at radius 1 is 1.62 bits per heavy atom. The molecule has 1 aromatic rings. The summed E-state index contributed by atoms with van der Waals surface area (Å²) in [6, 6.07) is 0. The van der Waals surface area contributed by atoms with Crippen molar-refractivity contribution in [3.8, 4) is 0 Å². The van der Waals surface area contributed by atoms with E-state index >= 15 is 0 Å². The van der Waals surface area contributed by atoms with E-state index in [1.54, 1.807) is 6.92 Å². The minimum Gasteiger partial charge on any atom is -0.465 e. The lowest BCUT2D eigenvalue weighted by Gasteiger charge is -2.13. The summed E-state index contributed by atoms with van der Waals surface area (Å²) >= 11 is 1.40. The number of carbonyl (C=O) groups is 1. The van der Waals surface area contributed by atoms with Gasteiger partial charge in [0, 0.05) is 11.5 Å². The Bertz CT molecular complexity index is 425. The summed E-state index contributed by atoms with van der Waals surface area (Å²) in [7, 11) is 0. The van der Waals surface area contributed by atoms with Crippen molar-refractivity contribution in [3.63, 3.8) is 0 Å². The highest BCUT2D eigenvalue weighted by Crippen LogP contribution is 2.46. The number of aromatic nitrogens is 2. The second-order valence-corrected chi connectivity index (χ2v) is 4.69. The Morgan fingerprint density at radius 3 is 3.00 bits per heavy atom. The third-order valence-corrected chi connectivity index (χ3v) is 3.95. The van der Waals surface area contributed by atoms with Gasteiger partial charge >= 0.3 is 5.97 Å². The molecule has 16 heavy (non-hydrogen) atoms. The van der Waals surface area contributed by atoms with Crippen molar-refractivity contribution in [2.75, 3.05) is 12.3 Å². The summed E-state index contributed by atoms with van der Waals surface area (Å²) in [4.78, 5) is 19.8. The second kappa shape index (κ2) is 4.29. The molecule has 1 aliphatic heterocycles. The summed E-state index contributed by atoms with van der Waals surface area (Å²) in [5.74, 6) is 0.245. The van der Waals surface area contributed by atoms with E-state index in [1.165, 1.54) is 18.1 Å². The standard InChI is InChI=1S/C10H13N3O2S/c1-3-15-10(14)7-5(2)6-8(11)12-4-13-9(6)16-7/h4-5,7H,3H2,1-2H3,(H2,11,12,13). The van der Waals surface area contributed by atoms with Crippen LogP contribution in [0.1, 0.15) is 25.3 Å². The van der Waals surface area contributed by atoms with Gasteiger partial charge in [0.15, 0.2) is 0 Å². The number of hydrogen-bond donors (Lipinski definition) is 1. The van der Waals surface area contributed by atoms with Crippen LogP contribution in [0.15, 0.2) is 11.4 Å². The van der Waals surface area contributed by atoms with Crippen LogP contribution >= 0.6 is 11.8 Å². The molecule has 1 aromatic heterocycles. The van der Waals surface area contributed by atoms with Crippen molar-refractivity contribution in [1.29, 1.82) is 0 Å². The van der Waals surface area contributed by atoms with Gasteiger partial charge in [-0.05, 0) is 6.92 Å². The molecule has 0 amide bonds. The van der Waals surface area contributed by atoms with Crippen LogP contribution in [0.5, 0.6) is 0 Å². The van der Waals surface area contributed by atoms with Gasteiger partial charge in [-0.25, -0.2) is 9.97 Å². The van der Waals surface area contributed by atoms with Crippen LogP contribution in [0.2, 0.25) is 0 Å². The number of thioether (sulfide) groups is 1. The average Bonchev–Trinajstić information content (AvgIpc) is 2.58. The summed E-state index contributed by atoms with van der Waals surface area (Å²) in [6.45, 7) is 4.13. The topological polar surface area (TPSA) is 78.1 Å². The fraction of sp³-hybridized carbons (Fsp3) is 0.500. The summed E-state index contributed by atoms with van der Waals surface area (Å²) in [5, 5.41) is 0.534. The van der Waals surface area contributed by atoms with Crippen LogP contribution in [0.3, 0.4) is 0 Å². The quantitative estimate of drug-likeness (QED) is 0.617. The third kappa shape index (κ3) is 1.73. The molecule has 1 aliphatic rings. The van der Waals surface area contributed by atoms with Crippen LogP contribution in [0, 0.1) is 0 Å². The highest BCUT2D eigenvalue weighted by atomic mass is 32.2. The van der Waals surface area contributed by atoms with Gasteiger partial charge in [-0.1, -0.05) is 18.7 Å². The summed E-state index contributed by atoms with van der Waals surface area (Å²) in [5.41, 5.74) is 6.65. The Balaban J connectivity index is 2.27. The first-order chi connectivity index (χ1) is 7.65. The molecule has 2 unspecified atom stereocenters. The lowest BCUT2D eigenvalue weighted by molar-refractivity contribution is -0.142. The maximum absolute atomic E-state index is 11.7. The Kier molecular flexibility index (Phi) is 3.00. The van der Waals surface area contributed by atoms with Gasteiger partial charge in [0.2, 0.25) is 0 Å². The van der Waals surface area contributed by atoms with E-state index in [1.807, 2.05) is 6.92 Å². The van der Waals surface area contributed by atoms with Gasteiger partial charge in [-0.15, -0.1) is 0 Å². The van der Waals surface area contributed by atoms with Crippen molar-refractivity contribution < 1.29 is 9.53 Å². The third-order valence-electron chi connectivity index (χ3n) is 2.55. The van der Waals surface area contributed by atoms with Crippen LogP contribution in [0.4, 0.5) is 5.82 Å². The first kappa shape index (κ1) is 11.2. The molecule has 0 fully saturated rings. The molecule has 0 bridgehead atoms. The number of nitrogens with two attached hydrogens (primary N) is 1. The Labute approximate surface area is 97.8 Å². The predicted octanol–water partition coefficient (Wildman–Crippen LogP) is 1.20. The Morgan fingerprint density at radius 2 is 2.38 bits per heavy atom. The van der Waals surface area contributed by atoms with Gasteiger partial charge in [-0.2, -0.15) is 0 Å². The lowest BCUT2D eigenvalue weighted by Crippen LogP contribution is -2.22. The molecular formula is C10H13N3O2S. The number of nitrogens with zero attached hydrogens (tertiary/aromatic N) is 2. The number of carbonyl (C=O) groups excluding carboxylic acids is 1. The van der Waals surface area contributed by atoms with Gasteiger partial charge < -0.3 is 10.5 Å². The molecule has 2 heterocycles. The number of rotatable bonds is 2. The molecule has 0 radical (unpaired) electrons. The molecule has 5 nitrogen and oxygen atoms in total. The second-order valence-electron chi connectivity index (χ2n) is 3.56. The van der Waals surface area contributed by atoms with E-state index in [0.29, 0.717) is 12.4 Å². The van der Waals surface area contributed by atoms with Gasteiger partial charge in [0.05, 0.1) is 6.61 Å². The molecule has 0 aliphatic carbocycles. The van der Waals surface area contributed by atoms with Crippen molar-refractivity contribution >= 4 is 23.5 Å². The van der Waals surface area contributed by atoms with Gasteiger partial charge in [-0.3, -0.25) is 4.79 Å². The normalized spacial score (nSPS) is 22.9. The highest BCUT2D eigenvalue weighted by Gasteiger charge is 2.38. The maximum atomic E-state index is 11.7. The number of hydrogen-bond acceptors (Lipinski definition) is 6. The van der Waals surface area contributed by atoms with Crippen LogP contribution < -0.4 is 5.73 Å². The first-order valence-corrected chi connectivity index (χ1v) is 5.96. The zero-order valence-corrected chi connectivity index (χ0v) is 9.95. The van der Waals surface area contributed by atoms with Crippen molar-refractivity contribution in [2.24, 2.45) is 0 Å².